The maximum atomic E-state index is 13.7. The zero-order chi connectivity index (χ0) is 17.5. The summed E-state index contributed by atoms with van der Waals surface area (Å²) in [6, 6.07) is 5.12. The van der Waals surface area contributed by atoms with E-state index in [0.717, 1.165) is 12.3 Å². The van der Waals surface area contributed by atoms with Crippen molar-refractivity contribution in [1.82, 2.24) is 4.98 Å². The lowest BCUT2D eigenvalue weighted by atomic mass is 9.82. The molecule has 1 aromatic heterocycles. The number of hydrogen-bond acceptors (Lipinski definition) is 6. The standard InChI is InChI=1S/C14H11BF3NO5/c1-7(22-12-5-9(15(20)21)6-19-13(12)16)8-2-3-10-11(4-8)24-14(17,18)23-10/h2-7,20-21H,1H3. The molecule has 2 heterocycles. The number of ether oxygens (including phenoxy) is 3. The Balaban J connectivity index is 1.81. The van der Waals surface area contributed by atoms with Crippen molar-refractivity contribution < 1.29 is 37.4 Å². The maximum Gasteiger partial charge on any atom is 0.586 e. The Bertz CT molecular complexity index is 774. The Kier molecular flexibility index (Phi) is 4.02. The molecule has 1 aliphatic rings. The van der Waals surface area contributed by atoms with E-state index < -0.39 is 25.5 Å². The van der Waals surface area contributed by atoms with Gasteiger partial charge in [-0.05, 0) is 30.7 Å². The number of benzene rings is 1. The molecule has 0 bridgehead atoms. The van der Waals surface area contributed by atoms with Crippen LogP contribution in [0.15, 0.2) is 30.5 Å². The molecule has 6 nitrogen and oxygen atoms in total. The third kappa shape index (κ3) is 3.24. The van der Waals surface area contributed by atoms with Crippen molar-refractivity contribution in [3.63, 3.8) is 0 Å². The van der Waals surface area contributed by atoms with Crippen molar-refractivity contribution >= 4 is 12.6 Å². The van der Waals surface area contributed by atoms with Crippen molar-refractivity contribution in [2.75, 3.05) is 0 Å². The van der Waals surface area contributed by atoms with E-state index >= 15 is 0 Å². The van der Waals surface area contributed by atoms with Gasteiger partial charge in [0.2, 0.25) is 0 Å². The molecule has 126 valence electrons. The number of hydrogen-bond donors (Lipinski definition) is 2. The second-order valence-electron chi connectivity index (χ2n) is 5.07. The van der Waals surface area contributed by atoms with Crippen LogP contribution in [0, 0.1) is 5.95 Å². The molecule has 2 N–H and O–H groups in total. The number of nitrogens with zero attached hydrogens (tertiary/aromatic N) is 1. The number of rotatable bonds is 4. The summed E-state index contributed by atoms with van der Waals surface area (Å²) in [5.74, 6) is -1.53. The SMILES string of the molecule is CC(Oc1cc(B(O)O)cnc1F)c1ccc2c(c1)OC(F)(F)O2. The quantitative estimate of drug-likeness (QED) is 0.646. The van der Waals surface area contributed by atoms with E-state index in [-0.39, 0.29) is 22.7 Å². The predicted molar refractivity (Wildman–Crippen MR) is 75.7 cm³/mol. The first-order chi connectivity index (χ1) is 11.2. The van der Waals surface area contributed by atoms with E-state index in [2.05, 4.69) is 14.5 Å². The van der Waals surface area contributed by atoms with Crippen molar-refractivity contribution in [2.45, 2.75) is 19.3 Å². The fourth-order valence-electron chi connectivity index (χ4n) is 2.14. The second kappa shape index (κ2) is 5.88. The molecule has 24 heavy (non-hydrogen) atoms. The van der Waals surface area contributed by atoms with E-state index in [1.165, 1.54) is 18.2 Å². The minimum atomic E-state index is -3.73. The molecule has 1 aromatic carbocycles. The first kappa shape index (κ1) is 16.4. The Morgan fingerprint density at radius 3 is 2.62 bits per heavy atom. The van der Waals surface area contributed by atoms with Crippen LogP contribution in [-0.2, 0) is 0 Å². The Morgan fingerprint density at radius 1 is 1.21 bits per heavy atom. The average molecular weight is 341 g/mol. The molecule has 0 aliphatic carbocycles. The fourth-order valence-corrected chi connectivity index (χ4v) is 2.14. The molecule has 10 heteroatoms. The molecule has 0 fully saturated rings. The third-order valence-corrected chi connectivity index (χ3v) is 3.32. The molecule has 0 amide bonds. The molecule has 1 atom stereocenters. The summed E-state index contributed by atoms with van der Waals surface area (Å²) in [6.07, 6.45) is -3.53. The van der Waals surface area contributed by atoms with Gasteiger partial charge in [0.05, 0.1) is 0 Å². The van der Waals surface area contributed by atoms with Crippen LogP contribution in [0.25, 0.3) is 0 Å². The van der Waals surface area contributed by atoms with Crippen molar-refractivity contribution in [3.8, 4) is 17.2 Å². The molecule has 1 unspecified atom stereocenters. The minimum absolute atomic E-state index is 0.0519. The van der Waals surface area contributed by atoms with Crippen LogP contribution in [0.4, 0.5) is 13.2 Å². The highest BCUT2D eigenvalue weighted by molar-refractivity contribution is 6.58. The Hall–Kier alpha value is -2.46. The topological polar surface area (TPSA) is 81.0 Å². The summed E-state index contributed by atoms with van der Waals surface area (Å²) < 4.78 is 53.7. The van der Waals surface area contributed by atoms with Gasteiger partial charge in [0.25, 0.3) is 5.95 Å². The Morgan fingerprint density at radius 2 is 1.92 bits per heavy atom. The molecule has 1 aliphatic heterocycles. The molecule has 0 saturated carbocycles. The fraction of sp³-hybridized carbons (Fsp3) is 0.214. The highest BCUT2D eigenvalue weighted by Gasteiger charge is 2.43. The lowest BCUT2D eigenvalue weighted by Gasteiger charge is -2.16. The van der Waals surface area contributed by atoms with Gasteiger partial charge in [-0.25, -0.2) is 4.98 Å². The number of fused-ring (bicyclic) bond motifs is 1. The van der Waals surface area contributed by atoms with Gasteiger partial charge in [-0.1, -0.05) is 6.07 Å². The van der Waals surface area contributed by atoms with Crippen molar-refractivity contribution in [2.24, 2.45) is 0 Å². The highest BCUT2D eigenvalue weighted by atomic mass is 19.3. The molecule has 2 aromatic rings. The maximum absolute atomic E-state index is 13.7. The van der Waals surface area contributed by atoms with Gasteiger partial charge in [-0.15, -0.1) is 8.78 Å². The molecule has 0 saturated heterocycles. The highest BCUT2D eigenvalue weighted by Crippen LogP contribution is 2.42. The van der Waals surface area contributed by atoms with Gasteiger partial charge in [0.1, 0.15) is 6.10 Å². The molecule has 3 rings (SSSR count). The van der Waals surface area contributed by atoms with Crippen LogP contribution in [-0.4, -0.2) is 28.4 Å². The largest absolute Gasteiger partial charge is 0.586 e. The number of halogens is 3. The van der Waals surface area contributed by atoms with Gasteiger partial charge in [-0.2, -0.15) is 4.39 Å². The van der Waals surface area contributed by atoms with Crippen LogP contribution in [0.3, 0.4) is 0 Å². The van der Waals surface area contributed by atoms with Gasteiger partial charge < -0.3 is 24.3 Å². The predicted octanol–water partition coefficient (Wildman–Crippen LogP) is 1.36. The smallest absolute Gasteiger partial charge is 0.481 e. The van der Waals surface area contributed by atoms with E-state index in [1.54, 1.807) is 6.92 Å². The molecular weight excluding hydrogens is 330 g/mol. The van der Waals surface area contributed by atoms with E-state index in [4.69, 9.17) is 14.8 Å². The van der Waals surface area contributed by atoms with Crippen molar-refractivity contribution in [1.29, 1.82) is 0 Å². The summed E-state index contributed by atoms with van der Waals surface area (Å²) in [7, 11) is -1.83. The van der Waals surface area contributed by atoms with Gasteiger partial charge in [-0.3, -0.25) is 0 Å². The molecule has 0 spiro atoms. The summed E-state index contributed by atoms with van der Waals surface area (Å²) in [4.78, 5) is 3.37. The van der Waals surface area contributed by atoms with Gasteiger partial charge in [0, 0.05) is 11.7 Å². The number of aromatic nitrogens is 1. The zero-order valence-electron chi connectivity index (χ0n) is 12.2. The van der Waals surface area contributed by atoms with Gasteiger partial charge in [0.15, 0.2) is 17.2 Å². The summed E-state index contributed by atoms with van der Waals surface area (Å²) in [5, 5.41) is 18.2. The van der Waals surface area contributed by atoms with E-state index in [0.29, 0.717) is 5.56 Å². The summed E-state index contributed by atoms with van der Waals surface area (Å²) in [6.45, 7) is 1.55. The number of pyridine rings is 1. The molecule has 0 radical (unpaired) electrons. The van der Waals surface area contributed by atoms with Gasteiger partial charge >= 0.3 is 13.4 Å². The van der Waals surface area contributed by atoms with Crippen LogP contribution >= 0.6 is 0 Å². The second-order valence-corrected chi connectivity index (χ2v) is 5.07. The van der Waals surface area contributed by atoms with Crippen LogP contribution in [0.1, 0.15) is 18.6 Å². The van der Waals surface area contributed by atoms with E-state index in [9.17, 15) is 13.2 Å². The third-order valence-electron chi connectivity index (χ3n) is 3.32. The van der Waals surface area contributed by atoms with Crippen LogP contribution in [0.5, 0.6) is 17.2 Å². The first-order valence-electron chi connectivity index (χ1n) is 6.83. The lowest BCUT2D eigenvalue weighted by Crippen LogP contribution is -2.30. The minimum Gasteiger partial charge on any atom is -0.481 e. The first-order valence-corrected chi connectivity index (χ1v) is 6.83. The zero-order valence-corrected chi connectivity index (χ0v) is 12.2. The molecular formula is C14H11BF3NO5. The van der Waals surface area contributed by atoms with Crippen LogP contribution in [0.2, 0.25) is 0 Å². The summed E-state index contributed by atoms with van der Waals surface area (Å²) in [5.41, 5.74) is 0.369. The summed E-state index contributed by atoms with van der Waals surface area (Å²) >= 11 is 0. The van der Waals surface area contributed by atoms with Crippen LogP contribution < -0.4 is 19.7 Å². The van der Waals surface area contributed by atoms with Crippen molar-refractivity contribution in [3.05, 3.63) is 42.0 Å². The number of alkyl halides is 2. The lowest BCUT2D eigenvalue weighted by molar-refractivity contribution is -0.286. The normalized spacial score (nSPS) is 15.9. The van der Waals surface area contributed by atoms with E-state index in [1.807, 2.05) is 0 Å². The average Bonchev–Trinajstić information content (AvgIpc) is 2.81. The Labute approximate surface area is 134 Å². The monoisotopic (exact) mass is 341 g/mol.